The summed E-state index contributed by atoms with van der Waals surface area (Å²) in [5.41, 5.74) is 3.73. The lowest BCUT2D eigenvalue weighted by Gasteiger charge is -2.04. The summed E-state index contributed by atoms with van der Waals surface area (Å²) in [6.07, 6.45) is 1.66. The van der Waals surface area contributed by atoms with E-state index in [2.05, 4.69) is 10.5 Å². The van der Waals surface area contributed by atoms with Crippen molar-refractivity contribution < 1.29 is 25.2 Å². The van der Waals surface area contributed by atoms with Gasteiger partial charge >= 0.3 is 0 Å². The summed E-state index contributed by atoms with van der Waals surface area (Å²) >= 11 is 0. The van der Waals surface area contributed by atoms with Crippen molar-refractivity contribution in [1.82, 2.24) is 5.43 Å². The first kappa shape index (κ1) is 16.3. The van der Waals surface area contributed by atoms with Gasteiger partial charge in [0.15, 0.2) is 11.5 Å². The average Bonchev–Trinajstić information content (AvgIpc) is 2.55. The summed E-state index contributed by atoms with van der Waals surface area (Å²) in [5.74, 6) is -2.08. The average molecular weight is 316 g/mol. The molecule has 0 aliphatic rings. The van der Waals surface area contributed by atoms with Gasteiger partial charge in [0, 0.05) is 17.7 Å². The molecule has 0 bridgehead atoms. The van der Waals surface area contributed by atoms with Gasteiger partial charge in [0.25, 0.3) is 5.91 Å². The summed E-state index contributed by atoms with van der Waals surface area (Å²) < 4.78 is 0. The Labute approximate surface area is 132 Å². The number of hydrogen-bond donors (Lipinski definition) is 5. The summed E-state index contributed by atoms with van der Waals surface area (Å²) in [6, 6.07) is 9.22. The van der Waals surface area contributed by atoms with E-state index >= 15 is 0 Å². The molecule has 1 amide bonds. The van der Waals surface area contributed by atoms with E-state index in [0.29, 0.717) is 12.0 Å². The third kappa shape index (κ3) is 3.98. The number of phenols is 3. The van der Waals surface area contributed by atoms with Gasteiger partial charge in [-0.15, -0.1) is 0 Å². The van der Waals surface area contributed by atoms with Gasteiger partial charge < -0.3 is 20.4 Å². The fourth-order valence-corrected chi connectivity index (χ4v) is 1.87. The number of hydrogen-bond acceptors (Lipinski definition) is 6. The maximum Gasteiger partial charge on any atom is 0.271 e. The molecule has 0 saturated heterocycles. The van der Waals surface area contributed by atoms with Crippen molar-refractivity contribution in [1.29, 1.82) is 0 Å². The van der Waals surface area contributed by atoms with Crippen molar-refractivity contribution in [2.45, 2.75) is 6.42 Å². The van der Waals surface area contributed by atoms with Crippen LogP contribution in [-0.4, -0.2) is 39.2 Å². The highest BCUT2D eigenvalue weighted by atomic mass is 16.3. The zero-order valence-corrected chi connectivity index (χ0v) is 12.1. The number of hydrazone groups is 1. The summed E-state index contributed by atoms with van der Waals surface area (Å²) in [6.45, 7) is 0.0405. The quantitative estimate of drug-likeness (QED) is 0.321. The molecule has 0 atom stereocenters. The molecule has 2 aromatic carbocycles. The number of aliphatic hydroxyl groups is 1. The fourth-order valence-electron chi connectivity index (χ4n) is 1.87. The van der Waals surface area contributed by atoms with Crippen molar-refractivity contribution >= 4 is 12.1 Å². The maximum absolute atomic E-state index is 11.9. The van der Waals surface area contributed by atoms with E-state index in [0.717, 1.165) is 11.8 Å². The van der Waals surface area contributed by atoms with Crippen LogP contribution in [0.25, 0.3) is 0 Å². The number of nitrogens with one attached hydrogen (secondary N) is 1. The first-order valence-electron chi connectivity index (χ1n) is 6.80. The topological polar surface area (TPSA) is 122 Å². The molecule has 0 fully saturated rings. The minimum absolute atomic E-state index is 0.0405. The van der Waals surface area contributed by atoms with Gasteiger partial charge in [-0.3, -0.25) is 4.79 Å². The monoisotopic (exact) mass is 316 g/mol. The van der Waals surface area contributed by atoms with Crippen LogP contribution in [0.3, 0.4) is 0 Å². The van der Waals surface area contributed by atoms with Crippen LogP contribution in [0.4, 0.5) is 0 Å². The Morgan fingerprint density at radius 2 is 1.74 bits per heavy atom. The lowest BCUT2D eigenvalue weighted by molar-refractivity contribution is 0.0955. The van der Waals surface area contributed by atoms with E-state index in [4.69, 9.17) is 5.11 Å². The smallest absolute Gasteiger partial charge is 0.271 e. The van der Waals surface area contributed by atoms with Crippen molar-refractivity contribution in [2.75, 3.05) is 6.61 Å². The second-order valence-electron chi connectivity index (χ2n) is 4.74. The number of carbonyl (C=O) groups excluding carboxylic acids is 1. The van der Waals surface area contributed by atoms with Gasteiger partial charge in [-0.2, -0.15) is 5.10 Å². The van der Waals surface area contributed by atoms with Gasteiger partial charge in [0.05, 0.1) is 6.21 Å². The van der Waals surface area contributed by atoms with Gasteiger partial charge in [0.2, 0.25) is 5.75 Å². The fraction of sp³-hybridized carbons (Fsp3) is 0.125. The number of aliphatic hydroxyl groups excluding tert-OH is 1. The minimum atomic E-state index is -0.653. The van der Waals surface area contributed by atoms with E-state index in [9.17, 15) is 20.1 Å². The lowest BCUT2D eigenvalue weighted by atomic mass is 10.1. The molecule has 7 nitrogen and oxygen atoms in total. The Bertz CT molecular complexity index is 726. The number of carbonyl (C=O) groups is 1. The summed E-state index contributed by atoms with van der Waals surface area (Å²) in [7, 11) is 0. The molecule has 0 spiro atoms. The van der Waals surface area contributed by atoms with Crippen LogP contribution in [0.5, 0.6) is 17.2 Å². The molecule has 2 rings (SSSR count). The summed E-state index contributed by atoms with van der Waals surface area (Å²) in [4.78, 5) is 11.9. The van der Waals surface area contributed by atoms with Crippen LogP contribution in [0.2, 0.25) is 0 Å². The number of benzene rings is 2. The SMILES string of the molecule is O=C(N/N=C/c1ccc(O)c(O)c1O)c1ccc(CCO)cc1. The van der Waals surface area contributed by atoms with E-state index in [1.165, 1.54) is 12.1 Å². The molecule has 120 valence electrons. The van der Waals surface area contributed by atoms with Crippen molar-refractivity contribution in [3.8, 4) is 17.2 Å². The Hall–Kier alpha value is -3.06. The lowest BCUT2D eigenvalue weighted by Crippen LogP contribution is -2.17. The first-order chi connectivity index (χ1) is 11.0. The maximum atomic E-state index is 11.9. The van der Waals surface area contributed by atoms with Crippen LogP contribution in [0, 0.1) is 0 Å². The Kier molecular flexibility index (Phi) is 5.16. The zero-order chi connectivity index (χ0) is 16.8. The Balaban J connectivity index is 2.02. The van der Waals surface area contributed by atoms with Crippen LogP contribution >= 0.6 is 0 Å². The molecule has 5 N–H and O–H groups in total. The number of amides is 1. The first-order valence-corrected chi connectivity index (χ1v) is 6.80. The molecule has 2 aromatic rings. The highest BCUT2D eigenvalue weighted by Crippen LogP contribution is 2.36. The van der Waals surface area contributed by atoms with Crippen molar-refractivity contribution in [3.05, 3.63) is 53.1 Å². The molecule has 0 aliphatic heterocycles. The zero-order valence-electron chi connectivity index (χ0n) is 12.1. The Morgan fingerprint density at radius 1 is 1.04 bits per heavy atom. The standard InChI is InChI=1S/C16H16N2O5/c19-8-7-10-1-3-11(4-2-10)16(23)18-17-9-12-5-6-13(20)15(22)14(12)21/h1-6,9,19-22H,7-8H2,(H,18,23)/b17-9+. The molecule has 0 heterocycles. The Morgan fingerprint density at radius 3 is 2.39 bits per heavy atom. The van der Waals surface area contributed by atoms with Crippen LogP contribution in [0.15, 0.2) is 41.5 Å². The molecule has 0 radical (unpaired) electrons. The molecule has 0 aromatic heterocycles. The molecular formula is C16H16N2O5. The minimum Gasteiger partial charge on any atom is -0.504 e. The van der Waals surface area contributed by atoms with Crippen LogP contribution < -0.4 is 5.43 Å². The van der Waals surface area contributed by atoms with Gasteiger partial charge in [-0.05, 0) is 36.2 Å². The third-order valence-corrected chi connectivity index (χ3v) is 3.15. The predicted molar refractivity (Wildman–Crippen MR) is 83.7 cm³/mol. The number of rotatable bonds is 5. The van der Waals surface area contributed by atoms with E-state index < -0.39 is 23.2 Å². The largest absolute Gasteiger partial charge is 0.504 e. The van der Waals surface area contributed by atoms with Crippen molar-refractivity contribution in [2.24, 2.45) is 5.10 Å². The molecule has 0 aliphatic carbocycles. The predicted octanol–water partition coefficient (Wildman–Crippen LogP) is 1.10. The van der Waals surface area contributed by atoms with Gasteiger partial charge in [0.1, 0.15) is 0 Å². The number of phenolic OH excluding ortho intramolecular Hbond substituents is 3. The van der Waals surface area contributed by atoms with Crippen LogP contribution in [0.1, 0.15) is 21.5 Å². The van der Waals surface area contributed by atoms with E-state index in [1.807, 2.05) is 0 Å². The van der Waals surface area contributed by atoms with Gasteiger partial charge in [-0.1, -0.05) is 12.1 Å². The molecular weight excluding hydrogens is 300 g/mol. The second kappa shape index (κ2) is 7.28. The van der Waals surface area contributed by atoms with E-state index in [-0.39, 0.29) is 12.2 Å². The molecule has 7 heteroatoms. The second-order valence-corrected chi connectivity index (χ2v) is 4.74. The summed E-state index contributed by atoms with van der Waals surface area (Å²) in [5, 5.41) is 40.7. The third-order valence-electron chi connectivity index (χ3n) is 3.15. The molecule has 23 heavy (non-hydrogen) atoms. The molecule has 0 unspecified atom stereocenters. The highest BCUT2D eigenvalue weighted by molar-refractivity contribution is 5.95. The number of nitrogens with zero attached hydrogens (tertiary/aromatic N) is 1. The normalized spacial score (nSPS) is 10.8. The van der Waals surface area contributed by atoms with Crippen molar-refractivity contribution in [3.63, 3.8) is 0 Å². The van der Waals surface area contributed by atoms with Gasteiger partial charge in [-0.25, -0.2) is 5.43 Å². The van der Waals surface area contributed by atoms with E-state index in [1.54, 1.807) is 24.3 Å². The molecule has 0 saturated carbocycles. The van der Waals surface area contributed by atoms with Crippen LogP contribution in [-0.2, 0) is 6.42 Å². The highest BCUT2D eigenvalue weighted by Gasteiger charge is 2.09. The number of aromatic hydroxyl groups is 3.